The highest BCUT2D eigenvalue weighted by molar-refractivity contribution is 9.10. The molecule has 1 saturated carbocycles. The molecule has 0 bridgehead atoms. The molecule has 1 aliphatic carbocycles. The Bertz CT molecular complexity index is 454. The second-order valence-corrected chi connectivity index (χ2v) is 5.46. The van der Waals surface area contributed by atoms with Crippen molar-refractivity contribution in [1.29, 1.82) is 0 Å². The molecule has 16 heavy (non-hydrogen) atoms. The Kier molecular flexibility index (Phi) is 2.21. The van der Waals surface area contributed by atoms with Crippen molar-refractivity contribution in [2.45, 2.75) is 19.3 Å². The molecule has 3 rings (SSSR count). The minimum absolute atomic E-state index is 0.164. The van der Waals surface area contributed by atoms with Crippen molar-refractivity contribution < 1.29 is 4.79 Å². The van der Waals surface area contributed by atoms with Crippen LogP contribution in [-0.4, -0.2) is 12.5 Å². The summed E-state index contributed by atoms with van der Waals surface area (Å²) in [6, 6.07) is 5.92. The maximum absolute atomic E-state index is 12.2. The van der Waals surface area contributed by atoms with Gasteiger partial charge in [-0.15, -0.1) is 0 Å². The van der Waals surface area contributed by atoms with Crippen molar-refractivity contribution in [3.8, 4) is 0 Å². The molecule has 84 valence electrons. The number of fused-ring (bicyclic) bond motifs is 1. The van der Waals surface area contributed by atoms with E-state index < -0.39 is 0 Å². The van der Waals surface area contributed by atoms with E-state index in [2.05, 4.69) is 26.6 Å². The predicted molar refractivity (Wildman–Crippen MR) is 67.5 cm³/mol. The van der Waals surface area contributed by atoms with Crippen LogP contribution in [0, 0.1) is 5.41 Å². The van der Waals surface area contributed by atoms with E-state index in [-0.39, 0.29) is 11.3 Å². The first kappa shape index (κ1) is 10.1. The van der Waals surface area contributed by atoms with Crippen molar-refractivity contribution in [3.63, 3.8) is 0 Å². The topological polar surface area (TPSA) is 41.1 Å². The molecule has 1 aromatic rings. The Morgan fingerprint density at radius 3 is 2.81 bits per heavy atom. The lowest BCUT2D eigenvalue weighted by Gasteiger charge is -2.38. The van der Waals surface area contributed by atoms with Crippen LogP contribution >= 0.6 is 15.9 Å². The van der Waals surface area contributed by atoms with Gasteiger partial charge in [0.25, 0.3) is 0 Å². The molecule has 1 spiro atoms. The van der Waals surface area contributed by atoms with Crippen LogP contribution in [0.5, 0.6) is 0 Å². The molecule has 4 heteroatoms. The van der Waals surface area contributed by atoms with Gasteiger partial charge in [-0.25, -0.2) is 0 Å². The van der Waals surface area contributed by atoms with Gasteiger partial charge < -0.3 is 10.6 Å². The number of halogens is 1. The number of anilines is 2. The Morgan fingerprint density at radius 1 is 1.31 bits per heavy atom. The highest BCUT2D eigenvalue weighted by Crippen LogP contribution is 2.45. The zero-order chi connectivity index (χ0) is 11.2. The average molecular weight is 281 g/mol. The van der Waals surface area contributed by atoms with Crippen LogP contribution in [0.3, 0.4) is 0 Å². The van der Waals surface area contributed by atoms with E-state index in [0.29, 0.717) is 0 Å². The molecule has 1 amide bonds. The third-order valence-corrected chi connectivity index (χ3v) is 4.32. The number of carbonyl (C=O) groups is 1. The summed E-state index contributed by atoms with van der Waals surface area (Å²) in [4.78, 5) is 12.2. The molecule has 0 saturated heterocycles. The third kappa shape index (κ3) is 1.36. The van der Waals surface area contributed by atoms with Crippen LogP contribution in [-0.2, 0) is 4.79 Å². The van der Waals surface area contributed by atoms with Gasteiger partial charge in [0.1, 0.15) is 0 Å². The molecule has 2 aliphatic rings. The Labute approximate surface area is 103 Å². The summed E-state index contributed by atoms with van der Waals surface area (Å²) in [5.74, 6) is 0.164. The van der Waals surface area contributed by atoms with Gasteiger partial charge in [-0.05, 0) is 40.9 Å². The number of nitrogens with one attached hydrogen (secondary N) is 2. The lowest BCUT2D eigenvalue weighted by Crippen LogP contribution is -2.45. The molecule has 1 heterocycles. The van der Waals surface area contributed by atoms with Gasteiger partial charge in [-0.2, -0.15) is 0 Å². The molecule has 1 aromatic carbocycles. The second kappa shape index (κ2) is 3.48. The first-order valence-corrected chi connectivity index (χ1v) is 6.34. The van der Waals surface area contributed by atoms with Crippen LogP contribution in [0.15, 0.2) is 22.7 Å². The lowest BCUT2D eigenvalue weighted by molar-refractivity contribution is -0.129. The maximum Gasteiger partial charge on any atom is 0.232 e. The van der Waals surface area contributed by atoms with Gasteiger partial charge in [0.05, 0.1) is 16.8 Å². The zero-order valence-electron chi connectivity index (χ0n) is 8.85. The number of hydrogen-bond donors (Lipinski definition) is 2. The van der Waals surface area contributed by atoms with Gasteiger partial charge in [0, 0.05) is 11.0 Å². The fraction of sp³-hybridized carbons (Fsp3) is 0.417. The van der Waals surface area contributed by atoms with E-state index >= 15 is 0 Å². The Hall–Kier alpha value is -1.03. The standard InChI is InChI=1S/C12H13BrN2O/c13-8-3-1-4-9-10(8)15-11(16)12(7-14-9)5-2-6-12/h1,3-4,14H,2,5-7H2,(H,15,16). The molecule has 2 N–H and O–H groups in total. The Balaban J connectivity index is 2.00. The van der Waals surface area contributed by atoms with Crippen molar-refractivity contribution in [2.75, 3.05) is 17.2 Å². The molecule has 3 nitrogen and oxygen atoms in total. The molecule has 1 fully saturated rings. The number of benzene rings is 1. The van der Waals surface area contributed by atoms with Gasteiger partial charge in [-0.1, -0.05) is 12.5 Å². The van der Waals surface area contributed by atoms with Gasteiger partial charge in [0.2, 0.25) is 5.91 Å². The minimum Gasteiger partial charge on any atom is -0.382 e. The molecular formula is C12H13BrN2O. The normalized spacial score (nSPS) is 21.4. The Morgan fingerprint density at radius 2 is 2.12 bits per heavy atom. The second-order valence-electron chi connectivity index (χ2n) is 4.60. The summed E-state index contributed by atoms with van der Waals surface area (Å²) in [5, 5.41) is 6.41. The van der Waals surface area contributed by atoms with Crippen LogP contribution in [0.2, 0.25) is 0 Å². The quantitative estimate of drug-likeness (QED) is 0.767. The number of para-hydroxylation sites is 1. The van der Waals surface area contributed by atoms with E-state index in [0.717, 1.165) is 41.7 Å². The summed E-state index contributed by atoms with van der Waals surface area (Å²) in [6.07, 6.45) is 3.15. The van der Waals surface area contributed by atoms with Gasteiger partial charge in [-0.3, -0.25) is 4.79 Å². The van der Waals surface area contributed by atoms with Crippen LogP contribution in [0.4, 0.5) is 11.4 Å². The minimum atomic E-state index is -0.168. The summed E-state index contributed by atoms with van der Waals surface area (Å²) in [6.45, 7) is 0.752. The summed E-state index contributed by atoms with van der Waals surface area (Å²) in [5.41, 5.74) is 1.71. The first-order valence-electron chi connectivity index (χ1n) is 5.55. The van der Waals surface area contributed by atoms with Crippen LogP contribution in [0.25, 0.3) is 0 Å². The third-order valence-electron chi connectivity index (χ3n) is 3.66. The first-order chi connectivity index (χ1) is 7.71. The largest absolute Gasteiger partial charge is 0.382 e. The fourth-order valence-electron chi connectivity index (χ4n) is 2.40. The summed E-state index contributed by atoms with van der Waals surface area (Å²) >= 11 is 3.47. The number of carbonyl (C=O) groups excluding carboxylic acids is 1. The highest BCUT2D eigenvalue weighted by atomic mass is 79.9. The SMILES string of the molecule is O=C1Nc2c(Br)cccc2NCC12CCC2. The smallest absolute Gasteiger partial charge is 0.232 e. The summed E-state index contributed by atoms with van der Waals surface area (Å²) < 4.78 is 0.933. The molecule has 0 radical (unpaired) electrons. The molecule has 0 unspecified atom stereocenters. The predicted octanol–water partition coefficient (Wildman–Crippen LogP) is 2.98. The van der Waals surface area contributed by atoms with Crippen LogP contribution < -0.4 is 10.6 Å². The average Bonchev–Trinajstić information content (AvgIpc) is 2.35. The van der Waals surface area contributed by atoms with Crippen molar-refractivity contribution in [1.82, 2.24) is 0 Å². The highest BCUT2D eigenvalue weighted by Gasteiger charge is 2.45. The fourth-order valence-corrected chi connectivity index (χ4v) is 2.86. The van der Waals surface area contributed by atoms with E-state index in [1.807, 2.05) is 18.2 Å². The molecule has 1 aliphatic heterocycles. The zero-order valence-corrected chi connectivity index (χ0v) is 10.4. The monoisotopic (exact) mass is 280 g/mol. The lowest BCUT2D eigenvalue weighted by atomic mass is 9.68. The maximum atomic E-state index is 12.2. The van der Waals surface area contributed by atoms with Crippen molar-refractivity contribution in [3.05, 3.63) is 22.7 Å². The molecule has 0 aromatic heterocycles. The van der Waals surface area contributed by atoms with Crippen molar-refractivity contribution in [2.24, 2.45) is 5.41 Å². The molecule has 0 atom stereocenters. The summed E-state index contributed by atoms with van der Waals surface area (Å²) in [7, 11) is 0. The molecular weight excluding hydrogens is 268 g/mol. The number of rotatable bonds is 0. The van der Waals surface area contributed by atoms with Gasteiger partial charge >= 0.3 is 0 Å². The van der Waals surface area contributed by atoms with Gasteiger partial charge in [0.15, 0.2) is 0 Å². The van der Waals surface area contributed by atoms with E-state index in [1.54, 1.807) is 0 Å². The number of amides is 1. The van der Waals surface area contributed by atoms with E-state index in [1.165, 1.54) is 0 Å². The number of hydrogen-bond acceptors (Lipinski definition) is 2. The van der Waals surface area contributed by atoms with Crippen molar-refractivity contribution >= 4 is 33.2 Å². The van der Waals surface area contributed by atoms with E-state index in [9.17, 15) is 4.79 Å². The van der Waals surface area contributed by atoms with E-state index in [4.69, 9.17) is 0 Å². The van der Waals surface area contributed by atoms with Crippen LogP contribution in [0.1, 0.15) is 19.3 Å².